The summed E-state index contributed by atoms with van der Waals surface area (Å²) in [6.45, 7) is 1.99. The van der Waals surface area contributed by atoms with Gasteiger partial charge in [0.25, 0.3) is 5.56 Å². The molecule has 2 fully saturated rings. The highest BCUT2D eigenvalue weighted by molar-refractivity contribution is 6.39. The maximum atomic E-state index is 13.3. The van der Waals surface area contributed by atoms with E-state index in [0.717, 1.165) is 35.1 Å². The van der Waals surface area contributed by atoms with E-state index in [2.05, 4.69) is 31.2 Å². The van der Waals surface area contributed by atoms with Gasteiger partial charge < -0.3 is 26.0 Å². The van der Waals surface area contributed by atoms with E-state index in [1.165, 1.54) is 4.40 Å². The highest BCUT2D eigenvalue weighted by Crippen LogP contribution is 2.42. The maximum absolute atomic E-state index is 13.3. The van der Waals surface area contributed by atoms with Crippen molar-refractivity contribution in [3.05, 3.63) is 98.8 Å². The molecule has 0 bridgehead atoms. The molecule has 2 aliphatic heterocycles. The number of halogens is 2. The van der Waals surface area contributed by atoms with Crippen LogP contribution in [0.5, 0.6) is 5.88 Å². The van der Waals surface area contributed by atoms with Gasteiger partial charge in [-0.05, 0) is 30.5 Å². The van der Waals surface area contributed by atoms with Crippen LogP contribution < -0.4 is 31.6 Å². The summed E-state index contributed by atoms with van der Waals surface area (Å²) in [5.74, 6) is 0.513. The Labute approximate surface area is 304 Å². The number of aromatic nitrogens is 4. The van der Waals surface area contributed by atoms with Crippen molar-refractivity contribution in [1.29, 1.82) is 0 Å². The molecule has 262 valence electrons. The third-order valence-corrected chi connectivity index (χ3v) is 10.0. The highest BCUT2D eigenvalue weighted by Gasteiger charge is 2.22. The van der Waals surface area contributed by atoms with Crippen LogP contribution in [0.3, 0.4) is 0 Å². The molecule has 14 heteroatoms. The Morgan fingerprint density at radius 2 is 1.45 bits per heavy atom. The number of nitrogens with zero attached hydrogens (tertiary/aromatic N) is 4. The smallest absolute Gasteiger partial charge is 0.262 e. The fourth-order valence-corrected chi connectivity index (χ4v) is 7.18. The Balaban J connectivity index is 1.10. The summed E-state index contributed by atoms with van der Waals surface area (Å²) in [6.07, 6.45) is 7.63. The van der Waals surface area contributed by atoms with Gasteiger partial charge in [0.1, 0.15) is 11.3 Å². The van der Waals surface area contributed by atoms with E-state index >= 15 is 0 Å². The Morgan fingerprint density at radius 1 is 0.824 bits per heavy atom. The number of ether oxygens (including phenoxy) is 1. The van der Waals surface area contributed by atoms with Crippen LogP contribution in [0.25, 0.3) is 39.2 Å². The van der Waals surface area contributed by atoms with Gasteiger partial charge in [0, 0.05) is 91.3 Å². The lowest BCUT2D eigenvalue weighted by Crippen LogP contribution is -2.36. The number of amides is 2. The topological polar surface area (TPSA) is 152 Å². The van der Waals surface area contributed by atoms with Gasteiger partial charge in [-0.2, -0.15) is 0 Å². The Hall–Kier alpha value is -4.88. The highest BCUT2D eigenvalue weighted by atomic mass is 35.5. The van der Waals surface area contributed by atoms with Gasteiger partial charge in [-0.1, -0.05) is 59.6 Å². The van der Waals surface area contributed by atoms with E-state index in [4.69, 9.17) is 32.9 Å². The molecule has 0 radical (unpaired) electrons. The summed E-state index contributed by atoms with van der Waals surface area (Å²) in [7, 11) is 1.55. The molecule has 4 N–H and O–H groups in total. The lowest BCUT2D eigenvalue weighted by molar-refractivity contribution is -0.120. The van der Waals surface area contributed by atoms with Crippen molar-refractivity contribution in [1.82, 2.24) is 40.6 Å². The number of fused-ring (bicyclic) bond motifs is 1. The van der Waals surface area contributed by atoms with Gasteiger partial charge in [-0.25, -0.2) is 9.97 Å². The van der Waals surface area contributed by atoms with Gasteiger partial charge in [0.2, 0.25) is 17.7 Å². The second-order valence-electron chi connectivity index (χ2n) is 12.6. The average Bonchev–Trinajstić information content (AvgIpc) is 3.76. The van der Waals surface area contributed by atoms with Crippen molar-refractivity contribution in [3.63, 3.8) is 0 Å². The first-order valence-corrected chi connectivity index (χ1v) is 17.5. The minimum absolute atomic E-state index is 0.0584. The first-order chi connectivity index (χ1) is 24.8. The van der Waals surface area contributed by atoms with E-state index in [-0.39, 0.29) is 29.5 Å². The predicted octanol–water partition coefficient (Wildman–Crippen LogP) is 4.54. The number of benzene rings is 2. The number of rotatable bonds is 12. The van der Waals surface area contributed by atoms with Crippen molar-refractivity contribution >= 4 is 40.7 Å². The molecule has 12 nitrogen and oxygen atoms in total. The van der Waals surface area contributed by atoms with Crippen LogP contribution in [0.2, 0.25) is 10.0 Å². The SMILES string of the molecule is COc1nc(-c2cccc(-c3cccc(-c4ccn5c(=O)c(CNC[C@H]6CCC(=O)N6)cnc5c4)c3Cl)c2Cl)cnc1CNC[C@@H]1CCC(=O)N1. The Bertz CT molecular complexity index is 2190. The molecule has 5 heterocycles. The monoisotopic (exact) mass is 726 g/mol. The van der Waals surface area contributed by atoms with Gasteiger partial charge in [0.05, 0.1) is 29.0 Å². The minimum atomic E-state index is -0.166. The van der Waals surface area contributed by atoms with Crippen LogP contribution in [0.1, 0.15) is 36.9 Å². The van der Waals surface area contributed by atoms with E-state index < -0.39 is 0 Å². The molecule has 0 aliphatic carbocycles. The summed E-state index contributed by atoms with van der Waals surface area (Å²) in [5, 5.41) is 13.4. The van der Waals surface area contributed by atoms with E-state index in [0.29, 0.717) is 83.1 Å². The van der Waals surface area contributed by atoms with Crippen LogP contribution in [-0.4, -0.2) is 63.4 Å². The molecule has 0 unspecified atom stereocenters. The maximum Gasteiger partial charge on any atom is 0.262 e. The Kier molecular flexibility index (Phi) is 10.3. The second kappa shape index (κ2) is 15.2. The molecule has 0 saturated carbocycles. The van der Waals surface area contributed by atoms with Gasteiger partial charge in [0.15, 0.2) is 0 Å². The summed E-state index contributed by atoms with van der Waals surface area (Å²) in [6, 6.07) is 15.2. The van der Waals surface area contributed by atoms with Crippen molar-refractivity contribution < 1.29 is 14.3 Å². The zero-order valence-electron chi connectivity index (χ0n) is 27.8. The number of carbonyl (C=O) groups excluding carboxylic acids is 2. The first-order valence-electron chi connectivity index (χ1n) is 16.8. The van der Waals surface area contributed by atoms with Crippen molar-refractivity contribution in [2.24, 2.45) is 0 Å². The number of hydrogen-bond acceptors (Lipinski definition) is 9. The van der Waals surface area contributed by atoms with Crippen LogP contribution in [0.15, 0.2) is 71.9 Å². The number of carbonyl (C=O) groups is 2. The lowest BCUT2D eigenvalue weighted by atomic mass is 9.97. The molecule has 3 aromatic heterocycles. The van der Waals surface area contributed by atoms with Crippen molar-refractivity contribution in [2.45, 2.75) is 50.9 Å². The van der Waals surface area contributed by atoms with E-state index in [9.17, 15) is 14.4 Å². The quantitative estimate of drug-likeness (QED) is 0.145. The molecule has 51 heavy (non-hydrogen) atoms. The third-order valence-electron chi connectivity index (χ3n) is 9.22. The molecule has 5 aromatic rings. The van der Waals surface area contributed by atoms with Crippen LogP contribution in [0.4, 0.5) is 0 Å². The van der Waals surface area contributed by atoms with Crippen LogP contribution >= 0.6 is 23.2 Å². The molecule has 0 spiro atoms. The summed E-state index contributed by atoms with van der Waals surface area (Å²) < 4.78 is 7.10. The average molecular weight is 728 g/mol. The standard InChI is InChI=1S/C37H36Cl2N8O4/c1-51-36-30(19-41-18-24-9-11-33(49)45-24)42-20-29(46-36)28-7-3-6-27(35(28)39)26-5-2-4-25(34(26)38)21-12-13-47-31(14-21)43-16-22(37(47)50)15-40-17-23-8-10-32(48)44-23/h2-7,12-14,16,20,23-24,40-41H,8-11,15,17-19H2,1H3,(H,44,48)(H,45,49)/t23-,24+/m1/s1. The number of hydrogen-bond donors (Lipinski definition) is 4. The minimum Gasteiger partial charge on any atom is -0.480 e. The molecule has 7 rings (SSSR count). The number of nitrogens with one attached hydrogen (secondary N) is 4. The molecule has 2 aliphatic rings. The van der Waals surface area contributed by atoms with E-state index in [1.54, 1.807) is 25.7 Å². The molecular formula is C37H36Cl2N8O4. The summed E-state index contributed by atoms with van der Waals surface area (Å²) >= 11 is 14.1. The zero-order chi connectivity index (χ0) is 35.5. The number of methoxy groups -OCH3 is 1. The lowest BCUT2D eigenvalue weighted by Gasteiger charge is -2.15. The van der Waals surface area contributed by atoms with E-state index in [1.807, 2.05) is 48.5 Å². The van der Waals surface area contributed by atoms with Gasteiger partial charge >= 0.3 is 0 Å². The summed E-state index contributed by atoms with van der Waals surface area (Å²) in [5.41, 5.74) is 5.70. The van der Waals surface area contributed by atoms with Gasteiger partial charge in [-0.3, -0.25) is 23.8 Å². The Morgan fingerprint density at radius 3 is 2.10 bits per heavy atom. The van der Waals surface area contributed by atoms with Crippen LogP contribution in [0, 0.1) is 0 Å². The second-order valence-corrected chi connectivity index (χ2v) is 13.4. The van der Waals surface area contributed by atoms with Crippen LogP contribution in [-0.2, 0) is 22.7 Å². The summed E-state index contributed by atoms with van der Waals surface area (Å²) in [4.78, 5) is 50.1. The zero-order valence-corrected chi connectivity index (χ0v) is 29.4. The largest absolute Gasteiger partial charge is 0.480 e. The first kappa shape index (κ1) is 34.6. The molecule has 2 atom stereocenters. The molecule has 2 amide bonds. The predicted molar refractivity (Wildman–Crippen MR) is 196 cm³/mol. The molecule has 2 saturated heterocycles. The fraction of sp³-hybridized carbons (Fsp3) is 0.297. The molecule has 2 aromatic carbocycles. The van der Waals surface area contributed by atoms with Gasteiger partial charge in [-0.15, -0.1) is 0 Å². The van der Waals surface area contributed by atoms with Crippen molar-refractivity contribution in [3.8, 4) is 39.4 Å². The van der Waals surface area contributed by atoms with Crippen molar-refractivity contribution in [2.75, 3.05) is 20.2 Å². The third kappa shape index (κ3) is 7.45. The normalized spacial score (nSPS) is 17.2. The fourth-order valence-electron chi connectivity index (χ4n) is 6.52. The molecular weight excluding hydrogens is 691 g/mol. The number of pyridine rings is 1.